The fourth-order valence-corrected chi connectivity index (χ4v) is 2.60. The Morgan fingerprint density at radius 3 is 2.50 bits per heavy atom. The molecule has 0 bridgehead atoms. The number of rotatable bonds is 7. The minimum absolute atomic E-state index is 0.0198. The van der Waals surface area contributed by atoms with E-state index in [1.807, 2.05) is 0 Å². The standard InChI is InChI=1S/C14H26N2O4/c1-3-20-14(18)12(15)13(17)16-9-11(19-2)10-7-5-4-6-8-10/h10-12H,3-9,15H2,1-2H3,(H,16,17). The summed E-state index contributed by atoms with van der Waals surface area (Å²) in [6, 6.07) is -1.26. The Morgan fingerprint density at radius 1 is 1.30 bits per heavy atom. The lowest BCUT2D eigenvalue weighted by atomic mass is 9.85. The van der Waals surface area contributed by atoms with Crippen molar-refractivity contribution in [3.63, 3.8) is 0 Å². The highest BCUT2D eigenvalue weighted by Gasteiger charge is 2.27. The molecular weight excluding hydrogens is 260 g/mol. The monoisotopic (exact) mass is 286 g/mol. The van der Waals surface area contributed by atoms with Crippen molar-refractivity contribution in [3.05, 3.63) is 0 Å². The van der Waals surface area contributed by atoms with Crippen molar-refractivity contribution in [1.29, 1.82) is 0 Å². The van der Waals surface area contributed by atoms with Gasteiger partial charge in [0.1, 0.15) is 0 Å². The molecule has 0 aromatic heterocycles. The zero-order valence-electron chi connectivity index (χ0n) is 12.4. The Hall–Kier alpha value is -1.14. The van der Waals surface area contributed by atoms with Crippen LogP contribution in [-0.2, 0) is 19.1 Å². The average molecular weight is 286 g/mol. The summed E-state index contributed by atoms with van der Waals surface area (Å²) < 4.78 is 10.2. The third kappa shape index (κ3) is 5.09. The van der Waals surface area contributed by atoms with Crippen LogP contribution in [-0.4, -0.2) is 44.3 Å². The van der Waals surface area contributed by atoms with Gasteiger partial charge in [0, 0.05) is 13.7 Å². The highest BCUT2D eigenvalue weighted by molar-refractivity contribution is 6.01. The van der Waals surface area contributed by atoms with Gasteiger partial charge < -0.3 is 20.5 Å². The van der Waals surface area contributed by atoms with Gasteiger partial charge in [0.2, 0.25) is 5.91 Å². The number of nitrogens with one attached hydrogen (secondary N) is 1. The Kier molecular flexibility index (Phi) is 7.54. The maximum Gasteiger partial charge on any atom is 0.332 e. The molecule has 1 saturated carbocycles. The Morgan fingerprint density at radius 2 is 1.95 bits per heavy atom. The van der Waals surface area contributed by atoms with Crippen LogP contribution in [0.1, 0.15) is 39.0 Å². The number of hydrogen-bond donors (Lipinski definition) is 2. The predicted octanol–water partition coefficient (Wildman–Crippen LogP) is 0.588. The number of carbonyl (C=O) groups is 2. The topological polar surface area (TPSA) is 90.7 Å². The molecule has 2 unspecified atom stereocenters. The van der Waals surface area contributed by atoms with E-state index in [0.717, 1.165) is 12.8 Å². The van der Waals surface area contributed by atoms with Crippen LogP contribution in [0, 0.1) is 5.92 Å². The molecule has 2 atom stereocenters. The summed E-state index contributed by atoms with van der Waals surface area (Å²) in [5.41, 5.74) is 5.53. The van der Waals surface area contributed by atoms with Crippen LogP contribution in [0.25, 0.3) is 0 Å². The van der Waals surface area contributed by atoms with Crippen LogP contribution < -0.4 is 11.1 Å². The lowest BCUT2D eigenvalue weighted by molar-refractivity contribution is -0.148. The molecule has 1 amide bonds. The first kappa shape index (κ1) is 16.9. The fraction of sp³-hybridized carbons (Fsp3) is 0.857. The molecule has 6 heteroatoms. The minimum Gasteiger partial charge on any atom is -0.464 e. The second-order valence-electron chi connectivity index (χ2n) is 5.15. The van der Waals surface area contributed by atoms with Crippen LogP contribution in [0.15, 0.2) is 0 Å². The SMILES string of the molecule is CCOC(=O)C(N)C(=O)NCC(OC)C1CCCCC1. The molecule has 0 spiro atoms. The van der Waals surface area contributed by atoms with Gasteiger partial charge in [-0.1, -0.05) is 19.3 Å². The van der Waals surface area contributed by atoms with E-state index in [0.29, 0.717) is 12.5 Å². The van der Waals surface area contributed by atoms with E-state index in [1.165, 1.54) is 19.3 Å². The average Bonchev–Trinajstić information content (AvgIpc) is 2.48. The first-order valence-electron chi connectivity index (χ1n) is 7.32. The summed E-state index contributed by atoms with van der Waals surface area (Å²) in [6.45, 7) is 2.27. The highest BCUT2D eigenvalue weighted by atomic mass is 16.5. The summed E-state index contributed by atoms with van der Waals surface area (Å²) >= 11 is 0. The molecule has 116 valence electrons. The van der Waals surface area contributed by atoms with Gasteiger partial charge in [-0.05, 0) is 25.7 Å². The molecule has 0 saturated heterocycles. The summed E-state index contributed by atoms with van der Waals surface area (Å²) in [7, 11) is 1.65. The molecule has 0 aliphatic heterocycles. The van der Waals surface area contributed by atoms with Crippen molar-refractivity contribution in [2.45, 2.75) is 51.2 Å². The first-order chi connectivity index (χ1) is 9.60. The first-order valence-corrected chi connectivity index (χ1v) is 7.32. The highest BCUT2D eigenvalue weighted by Crippen LogP contribution is 2.27. The molecule has 3 N–H and O–H groups in total. The maximum absolute atomic E-state index is 11.8. The second kappa shape index (κ2) is 8.92. The summed E-state index contributed by atoms with van der Waals surface area (Å²) in [6.07, 6.45) is 5.92. The predicted molar refractivity (Wildman–Crippen MR) is 75.0 cm³/mol. The van der Waals surface area contributed by atoms with Gasteiger partial charge in [-0.3, -0.25) is 4.79 Å². The number of ether oxygens (including phenoxy) is 2. The molecule has 1 aliphatic carbocycles. The Bertz CT molecular complexity index is 316. The lowest BCUT2D eigenvalue weighted by Gasteiger charge is -2.29. The van der Waals surface area contributed by atoms with Gasteiger partial charge in [-0.2, -0.15) is 0 Å². The number of amides is 1. The van der Waals surface area contributed by atoms with Crippen molar-refractivity contribution in [2.75, 3.05) is 20.3 Å². The fourth-order valence-electron chi connectivity index (χ4n) is 2.60. The van der Waals surface area contributed by atoms with E-state index < -0.39 is 17.9 Å². The van der Waals surface area contributed by atoms with Crippen molar-refractivity contribution >= 4 is 11.9 Å². The zero-order chi connectivity index (χ0) is 15.0. The van der Waals surface area contributed by atoms with E-state index in [2.05, 4.69) is 5.32 Å². The minimum atomic E-state index is -1.26. The molecule has 0 aromatic carbocycles. The Labute approximate surface area is 120 Å². The second-order valence-corrected chi connectivity index (χ2v) is 5.15. The van der Waals surface area contributed by atoms with E-state index in [1.54, 1.807) is 14.0 Å². The number of hydrogen-bond acceptors (Lipinski definition) is 5. The van der Waals surface area contributed by atoms with Crippen LogP contribution in [0.2, 0.25) is 0 Å². The molecule has 6 nitrogen and oxygen atoms in total. The number of nitrogens with two attached hydrogens (primary N) is 1. The van der Waals surface area contributed by atoms with Crippen LogP contribution in [0.5, 0.6) is 0 Å². The molecular formula is C14H26N2O4. The van der Waals surface area contributed by atoms with Gasteiger partial charge in [0.05, 0.1) is 12.7 Å². The van der Waals surface area contributed by atoms with Crippen LogP contribution in [0.4, 0.5) is 0 Å². The molecule has 0 aromatic rings. The van der Waals surface area contributed by atoms with Gasteiger partial charge in [-0.25, -0.2) is 4.79 Å². The molecule has 1 aliphatic rings. The van der Waals surface area contributed by atoms with Gasteiger partial charge in [0.15, 0.2) is 6.04 Å². The van der Waals surface area contributed by atoms with Gasteiger partial charge in [-0.15, -0.1) is 0 Å². The number of carbonyl (C=O) groups excluding carboxylic acids is 2. The van der Waals surface area contributed by atoms with E-state index in [-0.39, 0.29) is 12.7 Å². The van der Waals surface area contributed by atoms with E-state index in [9.17, 15) is 9.59 Å². The van der Waals surface area contributed by atoms with Crippen LogP contribution in [0.3, 0.4) is 0 Å². The summed E-state index contributed by atoms with van der Waals surface area (Å²) in [5, 5.41) is 2.68. The largest absolute Gasteiger partial charge is 0.464 e. The van der Waals surface area contributed by atoms with Gasteiger partial charge in [0.25, 0.3) is 0 Å². The molecule has 20 heavy (non-hydrogen) atoms. The molecule has 1 fully saturated rings. The number of esters is 1. The van der Waals surface area contributed by atoms with Crippen LogP contribution >= 0.6 is 0 Å². The van der Waals surface area contributed by atoms with Crippen molar-refractivity contribution in [3.8, 4) is 0 Å². The summed E-state index contributed by atoms with van der Waals surface area (Å²) in [4.78, 5) is 23.1. The molecule has 0 heterocycles. The molecule has 0 radical (unpaired) electrons. The third-order valence-corrected chi connectivity index (χ3v) is 3.78. The smallest absolute Gasteiger partial charge is 0.332 e. The van der Waals surface area contributed by atoms with Crippen molar-refractivity contribution in [1.82, 2.24) is 5.32 Å². The van der Waals surface area contributed by atoms with Crippen molar-refractivity contribution < 1.29 is 19.1 Å². The van der Waals surface area contributed by atoms with E-state index >= 15 is 0 Å². The third-order valence-electron chi connectivity index (χ3n) is 3.78. The van der Waals surface area contributed by atoms with E-state index in [4.69, 9.17) is 15.2 Å². The Balaban J connectivity index is 2.39. The zero-order valence-corrected chi connectivity index (χ0v) is 12.4. The van der Waals surface area contributed by atoms with Gasteiger partial charge >= 0.3 is 5.97 Å². The summed E-state index contributed by atoms with van der Waals surface area (Å²) in [5.74, 6) is -0.745. The lowest BCUT2D eigenvalue weighted by Crippen LogP contribution is -2.49. The molecule has 1 rings (SSSR count). The normalized spacial score (nSPS) is 19.1. The maximum atomic E-state index is 11.8. The van der Waals surface area contributed by atoms with Crippen molar-refractivity contribution in [2.24, 2.45) is 11.7 Å². The quantitative estimate of drug-likeness (QED) is 0.528. The number of methoxy groups -OCH3 is 1.